The smallest absolute Gasteiger partial charge is 0.251 e. The van der Waals surface area contributed by atoms with Crippen LogP contribution in [-0.4, -0.2) is 25.5 Å². The van der Waals surface area contributed by atoms with Crippen molar-refractivity contribution in [2.24, 2.45) is 5.73 Å². The van der Waals surface area contributed by atoms with Gasteiger partial charge in [0.15, 0.2) is 0 Å². The van der Waals surface area contributed by atoms with E-state index in [1.807, 2.05) is 19.9 Å². The van der Waals surface area contributed by atoms with Crippen molar-refractivity contribution in [3.05, 3.63) is 59.4 Å². The number of nitrogens with two attached hydrogens (primary N) is 1. The van der Waals surface area contributed by atoms with Crippen molar-refractivity contribution in [2.45, 2.75) is 26.8 Å². The van der Waals surface area contributed by atoms with Crippen molar-refractivity contribution in [2.75, 3.05) is 0 Å². The highest BCUT2D eigenvalue weighted by atomic mass is 16.3. The van der Waals surface area contributed by atoms with Crippen LogP contribution in [0.2, 0.25) is 0 Å². The third kappa shape index (κ3) is 2.78. The lowest BCUT2D eigenvalue weighted by Gasteiger charge is -2.09. The number of carbonyl (C=O) groups is 1. The number of phenols is 1. The van der Waals surface area contributed by atoms with Gasteiger partial charge in [-0.25, -0.2) is 4.98 Å². The number of primary amides is 1. The molecule has 0 atom stereocenters. The van der Waals surface area contributed by atoms with Gasteiger partial charge in [-0.1, -0.05) is 12.1 Å². The number of H-pyrrole nitrogens is 1. The first-order chi connectivity index (χ1) is 11.5. The maximum atomic E-state index is 12.0. The Morgan fingerprint density at radius 3 is 2.75 bits per heavy atom. The van der Waals surface area contributed by atoms with Crippen LogP contribution in [0.3, 0.4) is 0 Å². The first-order valence-electron chi connectivity index (χ1n) is 7.75. The van der Waals surface area contributed by atoms with Gasteiger partial charge in [-0.3, -0.25) is 4.79 Å². The highest BCUT2D eigenvalue weighted by Crippen LogP contribution is 2.33. The molecule has 2 aromatic heterocycles. The van der Waals surface area contributed by atoms with Gasteiger partial charge in [0.25, 0.3) is 5.91 Å². The number of nitrogens with one attached hydrogen (secondary N) is 1. The summed E-state index contributed by atoms with van der Waals surface area (Å²) in [6.45, 7) is 4.57. The van der Waals surface area contributed by atoms with Crippen LogP contribution in [-0.2, 0) is 13.0 Å². The predicted molar refractivity (Wildman–Crippen MR) is 91.8 cm³/mol. The predicted octanol–water partition coefficient (Wildman–Crippen LogP) is 2.54. The van der Waals surface area contributed by atoms with Gasteiger partial charge in [0, 0.05) is 41.8 Å². The average molecular weight is 324 g/mol. The minimum Gasteiger partial charge on any atom is -0.508 e. The van der Waals surface area contributed by atoms with Crippen LogP contribution < -0.4 is 5.73 Å². The van der Waals surface area contributed by atoms with E-state index in [-0.39, 0.29) is 5.75 Å². The van der Waals surface area contributed by atoms with E-state index in [0.717, 1.165) is 34.6 Å². The fraction of sp³-hybridized carbons (Fsp3) is 0.222. The van der Waals surface area contributed by atoms with Crippen LogP contribution in [0.5, 0.6) is 5.75 Å². The molecule has 0 unspecified atom stereocenters. The van der Waals surface area contributed by atoms with E-state index in [0.29, 0.717) is 12.1 Å². The SMILES string of the molecule is Cc1c(C(N)=O)c(-c2cccc(O)c2)c(C)n1CCc1cnc[nH]1. The molecule has 0 aliphatic carbocycles. The number of carbonyl (C=O) groups excluding carboxylic acids is 1. The summed E-state index contributed by atoms with van der Waals surface area (Å²) in [6.07, 6.45) is 4.21. The van der Waals surface area contributed by atoms with Crippen LogP contribution in [0.25, 0.3) is 11.1 Å². The van der Waals surface area contributed by atoms with E-state index in [9.17, 15) is 9.90 Å². The Labute approximate surface area is 140 Å². The van der Waals surface area contributed by atoms with Crippen LogP contribution >= 0.6 is 0 Å². The molecule has 3 rings (SSSR count). The second kappa shape index (κ2) is 6.23. The zero-order valence-corrected chi connectivity index (χ0v) is 13.7. The average Bonchev–Trinajstić information content (AvgIpc) is 3.12. The van der Waals surface area contributed by atoms with Gasteiger partial charge >= 0.3 is 0 Å². The van der Waals surface area contributed by atoms with E-state index < -0.39 is 5.91 Å². The second-order valence-corrected chi connectivity index (χ2v) is 5.81. The fourth-order valence-electron chi connectivity index (χ4n) is 3.19. The molecule has 0 saturated heterocycles. The van der Waals surface area contributed by atoms with Crippen molar-refractivity contribution in [1.82, 2.24) is 14.5 Å². The zero-order chi connectivity index (χ0) is 17.3. The zero-order valence-electron chi connectivity index (χ0n) is 13.7. The van der Waals surface area contributed by atoms with E-state index in [1.165, 1.54) is 0 Å². The summed E-state index contributed by atoms with van der Waals surface area (Å²) < 4.78 is 2.08. The lowest BCUT2D eigenvalue weighted by atomic mass is 10.00. The third-order valence-electron chi connectivity index (χ3n) is 4.32. The fourth-order valence-corrected chi connectivity index (χ4v) is 3.19. The molecule has 0 aliphatic heterocycles. The minimum absolute atomic E-state index is 0.158. The quantitative estimate of drug-likeness (QED) is 0.673. The molecule has 0 aliphatic rings. The van der Waals surface area contributed by atoms with Crippen molar-refractivity contribution < 1.29 is 9.90 Å². The van der Waals surface area contributed by atoms with E-state index in [2.05, 4.69) is 14.5 Å². The Kier molecular flexibility index (Phi) is 4.12. The summed E-state index contributed by atoms with van der Waals surface area (Å²) in [7, 11) is 0. The summed E-state index contributed by atoms with van der Waals surface area (Å²) in [6, 6.07) is 6.87. The number of aromatic hydroxyl groups is 1. The number of hydrogen-bond donors (Lipinski definition) is 3. The highest BCUT2D eigenvalue weighted by molar-refractivity contribution is 6.02. The van der Waals surface area contributed by atoms with Crippen LogP contribution in [0, 0.1) is 13.8 Å². The van der Waals surface area contributed by atoms with Crippen LogP contribution in [0.1, 0.15) is 27.4 Å². The number of aryl methyl sites for hydroxylation is 1. The van der Waals surface area contributed by atoms with Gasteiger partial charge in [0.1, 0.15) is 5.75 Å². The van der Waals surface area contributed by atoms with Crippen molar-refractivity contribution >= 4 is 5.91 Å². The van der Waals surface area contributed by atoms with E-state index in [1.54, 1.807) is 30.7 Å². The first-order valence-corrected chi connectivity index (χ1v) is 7.75. The topological polar surface area (TPSA) is 96.9 Å². The van der Waals surface area contributed by atoms with Crippen molar-refractivity contribution in [3.63, 3.8) is 0 Å². The Bertz CT molecular complexity index is 879. The summed E-state index contributed by atoms with van der Waals surface area (Å²) in [5, 5.41) is 9.77. The van der Waals surface area contributed by atoms with Gasteiger partial charge in [0.05, 0.1) is 11.9 Å². The Balaban J connectivity index is 2.08. The summed E-state index contributed by atoms with van der Waals surface area (Å²) in [5.41, 5.74) is 10.5. The monoisotopic (exact) mass is 324 g/mol. The van der Waals surface area contributed by atoms with Gasteiger partial charge in [0.2, 0.25) is 0 Å². The molecule has 0 radical (unpaired) electrons. The van der Waals surface area contributed by atoms with Crippen molar-refractivity contribution in [3.8, 4) is 16.9 Å². The third-order valence-corrected chi connectivity index (χ3v) is 4.32. The van der Waals surface area contributed by atoms with Crippen LogP contribution in [0.4, 0.5) is 0 Å². The van der Waals surface area contributed by atoms with Gasteiger partial charge in [-0.15, -0.1) is 0 Å². The second-order valence-electron chi connectivity index (χ2n) is 5.81. The molecule has 2 heterocycles. The molecule has 1 amide bonds. The number of aromatic nitrogens is 3. The van der Waals surface area contributed by atoms with E-state index in [4.69, 9.17) is 5.73 Å². The summed E-state index contributed by atoms with van der Waals surface area (Å²) in [5.74, 6) is -0.306. The lowest BCUT2D eigenvalue weighted by molar-refractivity contribution is 0.1000. The number of nitrogens with zero attached hydrogens (tertiary/aromatic N) is 2. The highest BCUT2D eigenvalue weighted by Gasteiger charge is 2.22. The molecule has 6 nitrogen and oxygen atoms in total. The molecule has 0 saturated carbocycles. The van der Waals surface area contributed by atoms with E-state index >= 15 is 0 Å². The maximum absolute atomic E-state index is 12.0. The normalized spacial score (nSPS) is 10.9. The molecule has 3 aromatic rings. The Morgan fingerprint density at radius 1 is 1.33 bits per heavy atom. The molecule has 0 fully saturated rings. The molecule has 6 heteroatoms. The Hall–Kier alpha value is -3.02. The summed E-state index contributed by atoms with van der Waals surface area (Å²) in [4.78, 5) is 19.1. The lowest BCUT2D eigenvalue weighted by Crippen LogP contribution is -2.13. The molecule has 1 aromatic carbocycles. The van der Waals surface area contributed by atoms with Crippen LogP contribution in [0.15, 0.2) is 36.8 Å². The molecule has 24 heavy (non-hydrogen) atoms. The summed E-state index contributed by atoms with van der Waals surface area (Å²) >= 11 is 0. The number of phenolic OH excluding ortho intramolecular Hbond substituents is 1. The standard InChI is InChI=1S/C18H20N4O2/c1-11-16(13-4-3-5-15(23)8-13)17(18(19)24)12(2)22(11)7-6-14-9-20-10-21-14/h3-5,8-10,23H,6-7H2,1-2H3,(H2,19,24)(H,20,21). The molecule has 124 valence electrons. The molecule has 0 spiro atoms. The number of imidazole rings is 1. The van der Waals surface area contributed by atoms with Gasteiger partial charge in [-0.2, -0.15) is 0 Å². The number of hydrogen-bond acceptors (Lipinski definition) is 3. The van der Waals surface area contributed by atoms with Gasteiger partial charge in [-0.05, 0) is 31.5 Å². The van der Waals surface area contributed by atoms with Gasteiger partial charge < -0.3 is 20.4 Å². The minimum atomic E-state index is -0.464. The molecule has 0 bridgehead atoms. The largest absolute Gasteiger partial charge is 0.508 e. The number of aromatic amines is 1. The molecular weight excluding hydrogens is 304 g/mol. The number of amides is 1. The maximum Gasteiger partial charge on any atom is 0.251 e. The molecular formula is C18H20N4O2. The first kappa shape index (κ1) is 15.9. The Morgan fingerprint density at radius 2 is 2.12 bits per heavy atom. The molecule has 4 N–H and O–H groups in total. The number of benzene rings is 1. The van der Waals surface area contributed by atoms with Crippen molar-refractivity contribution in [1.29, 1.82) is 0 Å². The number of rotatable bonds is 5.